The molecule has 20 heavy (non-hydrogen) atoms. The van der Waals surface area contributed by atoms with Gasteiger partial charge in [0.25, 0.3) is 0 Å². The smallest absolute Gasteiger partial charge is 0.225 e. The molecule has 2 aromatic heterocycles. The molecule has 1 aliphatic rings. The highest BCUT2D eigenvalue weighted by Crippen LogP contribution is 2.14. The number of hydrogen-bond donors (Lipinski definition) is 1. The van der Waals surface area contributed by atoms with Crippen molar-refractivity contribution in [2.24, 2.45) is 0 Å². The molecule has 0 unspecified atom stereocenters. The SMILES string of the molecule is Nc1cccnc1CN1CCN(c2ncccn2)CC1. The van der Waals surface area contributed by atoms with Crippen molar-refractivity contribution in [3.05, 3.63) is 42.5 Å². The Morgan fingerprint density at radius 3 is 2.35 bits per heavy atom. The van der Waals surface area contributed by atoms with Crippen molar-refractivity contribution in [3.63, 3.8) is 0 Å². The highest BCUT2D eigenvalue weighted by molar-refractivity contribution is 5.41. The lowest BCUT2D eigenvalue weighted by atomic mass is 10.2. The molecular weight excluding hydrogens is 252 g/mol. The maximum atomic E-state index is 5.94. The van der Waals surface area contributed by atoms with Gasteiger partial charge in [-0.25, -0.2) is 9.97 Å². The molecule has 1 saturated heterocycles. The van der Waals surface area contributed by atoms with E-state index in [0.29, 0.717) is 0 Å². The van der Waals surface area contributed by atoms with Crippen molar-refractivity contribution < 1.29 is 0 Å². The van der Waals surface area contributed by atoms with E-state index >= 15 is 0 Å². The lowest BCUT2D eigenvalue weighted by Gasteiger charge is -2.34. The molecule has 2 aromatic rings. The van der Waals surface area contributed by atoms with Crippen molar-refractivity contribution in [2.75, 3.05) is 36.8 Å². The molecule has 1 aliphatic heterocycles. The van der Waals surface area contributed by atoms with Crippen molar-refractivity contribution in [1.82, 2.24) is 19.9 Å². The van der Waals surface area contributed by atoms with E-state index in [1.807, 2.05) is 18.2 Å². The van der Waals surface area contributed by atoms with E-state index in [9.17, 15) is 0 Å². The fraction of sp³-hybridized carbons (Fsp3) is 0.357. The van der Waals surface area contributed by atoms with Gasteiger partial charge in [0, 0.05) is 51.3 Å². The van der Waals surface area contributed by atoms with Crippen molar-refractivity contribution in [2.45, 2.75) is 6.54 Å². The summed E-state index contributed by atoms with van der Waals surface area (Å²) in [5.74, 6) is 0.810. The summed E-state index contributed by atoms with van der Waals surface area (Å²) in [5, 5.41) is 0. The lowest BCUT2D eigenvalue weighted by molar-refractivity contribution is 0.246. The fourth-order valence-corrected chi connectivity index (χ4v) is 2.35. The summed E-state index contributed by atoms with van der Waals surface area (Å²) < 4.78 is 0. The molecule has 1 fully saturated rings. The van der Waals surface area contributed by atoms with Crippen LogP contribution in [0.2, 0.25) is 0 Å². The van der Waals surface area contributed by atoms with Crippen molar-refractivity contribution >= 4 is 11.6 Å². The summed E-state index contributed by atoms with van der Waals surface area (Å²) >= 11 is 0. The molecule has 6 heteroatoms. The second-order valence-corrected chi connectivity index (χ2v) is 4.85. The Hall–Kier alpha value is -2.21. The topological polar surface area (TPSA) is 71.2 Å². The molecule has 0 spiro atoms. The third kappa shape index (κ3) is 2.85. The first-order valence-electron chi connectivity index (χ1n) is 6.76. The quantitative estimate of drug-likeness (QED) is 0.888. The number of rotatable bonds is 3. The number of nitrogens with zero attached hydrogens (tertiary/aromatic N) is 5. The number of hydrogen-bond acceptors (Lipinski definition) is 6. The molecule has 0 aromatic carbocycles. The molecule has 0 aliphatic carbocycles. The van der Waals surface area contributed by atoms with Gasteiger partial charge >= 0.3 is 0 Å². The van der Waals surface area contributed by atoms with E-state index in [1.165, 1.54) is 0 Å². The van der Waals surface area contributed by atoms with Crippen LogP contribution in [0.25, 0.3) is 0 Å². The minimum absolute atomic E-state index is 0.765. The van der Waals surface area contributed by atoms with Crippen LogP contribution in [-0.2, 0) is 6.54 Å². The minimum Gasteiger partial charge on any atom is -0.397 e. The van der Waals surface area contributed by atoms with Crippen LogP contribution in [-0.4, -0.2) is 46.0 Å². The van der Waals surface area contributed by atoms with Gasteiger partial charge < -0.3 is 10.6 Å². The zero-order valence-corrected chi connectivity index (χ0v) is 11.3. The molecular formula is C14H18N6. The highest BCUT2D eigenvalue weighted by atomic mass is 15.3. The number of anilines is 2. The van der Waals surface area contributed by atoms with Gasteiger partial charge in [-0.15, -0.1) is 0 Å². The molecule has 0 radical (unpaired) electrons. The van der Waals surface area contributed by atoms with Gasteiger partial charge in [-0.3, -0.25) is 9.88 Å². The van der Waals surface area contributed by atoms with Gasteiger partial charge in [0.15, 0.2) is 0 Å². The number of nitrogens with two attached hydrogens (primary N) is 1. The number of pyridine rings is 1. The first-order chi connectivity index (χ1) is 9.83. The van der Waals surface area contributed by atoms with Crippen LogP contribution in [0.15, 0.2) is 36.8 Å². The molecule has 3 heterocycles. The molecule has 104 valence electrons. The van der Waals surface area contributed by atoms with Gasteiger partial charge in [0.05, 0.1) is 11.4 Å². The predicted molar refractivity (Wildman–Crippen MR) is 78.2 cm³/mol. The van der Waals surface area contributed by atoms with Crippen LogP contribution in [0.3, 0.4) is 0 Å². The summed E-state index contributed by atoms with van der Waals surface area (Å²) in [6, 6.07) is 5.60. The normalized spacial score (nSPS) is 16.3. The zero-order chi connectivity index (χ0) is 13.8. The van der Waals surface area contributed by atoms with Crippen LogP contribution in [0.4, 0.5) is 11.6 Å². The molecule has 0 amide bonds. The van der Waals surface area contributed by atoms with E-state index in [1.54, 1.807) is 18.6 Å². The van der Waals surface area contributed by atoms with Gasteiger partial charge in [0.1, 0.15) is 0 Å². The van der Waals surface area contributed by atoms with Crippen LogP contribution < -0.4 is 10.6 Å². The molecule has 3 rings (SSSR count). The van der Waals surface area contributed by atoms with E-state index in [2.05, 4.69) is 24.8 Å². The average molecular weight is 270 g/mol. The highest BCUT2D eigenvalue weighted by Gasteiger charge is 2.19. The van der Waals surface area contributed by atoms with Gasteiger partial charge in [-0.2, -0.15) is 0 Å². The van der Waals surface area contributed by atoms with E-state index in [4.69, 9.17) is 5.73 Å². The summed E-state index contributed by atoms with van der Waals surface area (Å²) in [6.07, 6.45) is 5.35. The Kier molecular flexibility index (Phi) is 3.73. The summed E-state index contributed by atoms with van der Waals surface area (Å²) in [5.41, 5.74) is 7.66. The van der Waals surface area contributed by atoms with Gasteiger partial charge in [0.2, 0.25) is 5.95 Å². The average Bonchev–Trinajstić information content (AvgIpc) is 2.51. The summed E-state index contributed by atoms with van der Waals surface area (Å²) in [4.78, 5) is 17.5. The lowest BCUT2D eigenvalue weighted by Crippen LogP contribution is -2.46. The standard InChI is InChI=1S/C14H18N6/c15-12-3-1-4-16-13(12)11-19-7-9-20(10-8-19)14-17-5-2-6-18-14/h1-6H,7-11,15H2. The first kappa shape index (κ1) is 12.8. The number of piperazine rings is 1. The Balaban J connectivity index is 1.58. The minimum atomic E-state index is 0.765. The summed E-state index contributed by atoms with van der Waals surface area (Å²) in [6.45, 7) is 4.59. The molecule has 6 nitrogen and oxygen atoms in total. The van der Waals surface area contributed by atoms with E-state index in [0.717, 1.165) is 50.1 Å². The van der Waals surface area contributed by atoms with Crippen LogP contribution in [0, 0.1) is 0 Å². The number of aromatic nitrogens is 3. The molecule has 0 saturated carbocycles. The Morgan fingerprint density at radius 1 is 0.950 bits per heavy atom. The molecule has 2 N–H and O–H groups in total. The van der Waals surface area contributed by atoms with Gasteiger partial charge in [-0.05, 0) is 18.2 Å². The number of nitrogen functional groups attached to an aromatic ring is 1. The van der Waals surface area contributed by atoms with Crippen molar-refractivity contribution in [3.8, 4) is 0 Å². The molecule has 0 bridgehead atoms. The van der Waals surface area contributed by atoms with E-state index in [-0.39, 0.29) is 0 Å². The van der Waals surface area contributed by atoms with Crippen molar-refractivity contribution in [1.29, 1.82) is 0 Å². The molecule has 0 atom stereocenters. The fourth-order valence-electron chi connectivity index (χ4n) is 2.35. The van der Waals surface area contributed by atoms with Crippen LogP contribution in [0.5, 0.6) is 0 Å². The third-order valence-electron chi connectivity index (χ3n) is 3.51. The summed E-state index contributed by atoms with van der Waals surface area (Å²) in [7, 11) is 0. The second-order valence-electron chi connectivity index (χ2n) is 4.85. The Morgan fingerprint density at radius 2 is 1.65 bits per heavy atom. The predicted octanol–water partition coefficient (Wildman–Crippen LogP) is 0.776. The monoisotopic (exact) mass is 270 g/mol. The zero-order valence-electron chi connectivity index (χ0n) is 11.3. The van der Waals surface area contributed by atoms with Crippen LogP contribution in [0.1, 0.15) is 5.69 Å². The first-order valence-corrected chi connectivity index (χ1v) is 6.76. The van der Waals surface area contributed by atoms with E-state index < -0.39 is 0 Å². The largest absolute Gasteiger partial charge is 0.397 e. The van der Waals surface area contributed by atoms with Gasteiger partial charge in [-0.1, -0.05) is 0 Å². The Labute approximate surface area is 118 Å². The maximum Gasteiger partial charge on any atom is 0.225 e. The second kappa shape index (κ2) is 5.83. The third-order valence-corrected chi connectivity index (χ3v) is 3.51. The maximum absolute atomic E-state index is 5.94. The van der Waals surface area contributed by atoms with Crippen LogP contribution >= 0.6 is 0 Å². The Bertz CT molecular complexity index is 551.